The molecule has 0 unspecified atom stereocenters. The highest BCUT2D eigenvalue weighted by Gasteiger charge is 2.31. The number of amides is 1. The summed E-state index contributed by atoms with van der Waals surface area (Å²) in [6, 6.07) is 12.1. The first-order valence-corrected chi connectivity index (χ1v) is 8.81. The fourth-order valence-corrected chi connectivity index (χ4v) is 4.09. The van der Waals surface area contributed by atoms with Gasteiger partial charge in [-0.1, -0.05) is 24.3 Å². The van der Waals surface area contributed by atoms with Gasteiger partial charge in [0.25, 0.3) is 5.91 Å². The zero-order valence-electron chi connectivity index (χ0n) is 12.8. The van der Waals surface area contributed by atoms with Crippen LogP contribution in [0.25, 0.3) is 0 Å². The summed E-state index contributed by atoms with van der Waals surface area (Å²) in [6.07, 6.45) is 0.0586. The summed E-state index contributed by atoms with van der Waals surface area (Å²) in [5, 5.41) is 2.98. The lowest BCUT2D eigenvalue weighted by Crippen LogP contribution is -2.45. The second kappa shape index (κ2) is 6.36. The summed E-state index contributed by atoms with van der Waals surface area (Å²) < 4.78 is 25.2. The third-order valence-electron chi connectivity index (χ3n) is 4.14. The van der Waals surface area contributed by atoms with Crippen molar-refractivity contribution in [2.75, 3.05) is 12.4 Å². The minimum Gasteiger partial charge on any atom is -0.485 e. The second-order valence-electron chi connectivity index (χ2n) is 5.72. The molecule has 0 radical (unpaired) electrons. The van der Waals surface area contributed by atoms with Crippen LogP contribution in [0.4, 0.5) is 4.39 Å². The number of benzene rings is 2. The molecule has 1 N–H and O–H groups in total. The van der Waals surface area contributed by atoms with Crippen molar-refractivity contribution in [3.8, 4) is 11.5 Å². The van der Waals surface area contributed by atoms with Crippen molar-refractivity contribution in [3.63, 3.8) is 0 Å². The summed E-state index contributed by atoms with van der Waals surface area (Å²) in [7, 11) is 0. The number of rotatable bonds is 2. The first-order valence-electron chi connectivity index (χ1n) is 7.82. The van der Waals surface area contributed by atoms with Crippen LogP contribution in [0.5, 0.6) is 11.5 Å². The van der Waals surface area contributed by atoms with E-state index in [9.17, 15) is 9.18 Å². The average molecular weight is 345 g/mol. The van der Waals surface area contributed by atoms with E-state index in [1.54, 1.807) is 18.2 Å². The van der Waals surface area contributed by atoms with Gasteiger partial charge < -0.3 is 14.8 Å². The second-order valence-corrected chi connectivity index (χ2v) is 6.83. The average Bonchev–Trinajstić information content (AvgIpc) is 2.62. The largest absolute Gasteiger partial charge is 0.485 e. The van der Waals surface area contributed by atoms with Crippen LogP contribution in [0.1, 0.15) is 18.0 Å². The van der Waals surface area contributed by atoms with E-state index in [2.05, 4.69) is 5.32 Å². The van der Waals surface area contributed by atoms with Gasteiger partial charge in [0.05, 0.1) is 6.04 Å². The van der Waals surface area contributed by atoms with E-state index in [1.807, 2.05) is 18.2 Å². The minimum atomic E-state index is -0.702. The summed E-state index contributed by atoms with van der Waals surface area (Å²) in [5.41, 5.74) is 0.830. The Morgan fingerprint density at radius 3 is 2.88 bits per heavy atom. The number of carbonyl (C=O) groups is 1. The fourth-order valence-electron chi connectivity index (χ4n) is 2.95. The van der Waals surface area contributed by atoms with Crippen LogP contribution >= 0.6 is 11.8 Å². The predicted octanol–water partition coefficient (Wildman–Crippen LogP) is 3.32. The highest BCUT2D eigenvalue weighted by Crippen LogP contribution is 2.38. The van der Waals surface area contributed by atoms with Crippen LogP contribution in [-0.2, 0) is 4.79 Å². The number of carbonyl (C=O) groups excluding carboxylic acids is 1. The Morgan fingerprint density at radius 2 is 2.00 bits per heavy atom. The molecule has 6 heteroatoms. The topological polar surface area (TPSA) is 47.6 Å². The molecule has 2 aliphatic rings. The first kappa shape index (κ1) is 15.3. The lowest BCUT2D eigenvalue weighted by molar-refractivity contribution is -0.131. The smallest absolute Gasteiger partial charge is 0.265 e. The van der Waals surface area contributed by atoms with E-state index in [-0.39, 0.29) is 24.4 Å². The van der Waals surface area contributed by atoms with Crippen LogP contribution in [0, 0.1) is 5.82 Å². The third-order valence-corrected chi connectivity index (χ3v) is 5.30. The van der Waals surface area contributed by atoms with Crippen LogP contribution in [0.15, 0.2) is 47.4 Å². The lowest BCUT2D eigenvalue weighted by atomic mass is 10.0. The van der Waals surface area contributed by atoms with Crippen molar-refractivity contribution >= 4 is 17.7 Å². The molecular weight excluding hydrogens is 329 g/mol. The van der Waals surface area contributed by atoms with Gasteiger partial charge in [0.2, 0.25) is 6.10 Å². The lowest BCUT2D eigenvalue weighted by Gasteiger charge is -2.30. The van der Waals surface area contributed by atoms with Gasteiger partial charge in [0.1, 0.15) is 12.4 Å². The molecule has 0 spiro atoms. The minimum absolute atomic E-state index is 0.167. The highest BCUT2D eigenvalue weighted by molar-refractivity contribution is 7.99. The van der Waals surface area contributed by atoms with E-state index >= 15 is 0 Å². The number of para-hydroxylation sites is 2. The molecule has 124 valence electrons. The van der Waals surface area contributed by atoms with Crippen molar-refractivity contribution in [2.45, 2.75) is 23.5 Å². The molecule has 2 aromatic rings. The van der Waals surface area contributed by atoms with Crippen molar-refractivity contribution in [1.82, 2.24) is 5.32 Å². The van der Waals surface area contributed by atoms with Crippen LogP contribution < -0.4 is 14.8 Å². The maximum Gasteiger partial charge on any atom is 0.265 e. The Labute approximate surface area is 143 Å². The van der Waals surface area contributed by atoms with E-state index in [0.717, 1.165) is 17.7 Å². The molecule has 2 heterocycles. The molecule has 1 amide bonds. The number of hydrogen-bond acceptors (Lipinski definition) is 4. The summed E-state index contributed by atoms with van der Waals surface area (Å²) in [5.74, 6) is 1.50. The zero-order chi connectivity index (χ0) is 16.5. The molecule has 0 fully saturated rings. The number of fused-ring (bicyclic) bond motifs is 2. The molecule has 0 saturated heterocycles. The number of hydrogen-bond donors (Lipinski definition) is 1. The maximum atomic E-state index is 13.9. The molecular formula is C18H16FNO3S. The summed E-state index contributed by atoms with van der Waals surface area (Å²) in [6.45, 7) is 0.167. The molecule has 0 aliphatic carbocycles. The van der Waals surface area contributed by atoms with Gasteiger partial charge in [-0.25, -0.2) is 4.39 Å². The molecule has 0 saturated carbocycles. The Bertz CT molecular complexity index is 783. The van der Waals surface area contributed by atoms with Gasteiger partial charge in [-0.3, -0.25) is 4.79 Å². The normalized spacial score (nSPS) is 21.7. The van der Waals surface area contributed by atoms with Crippen molar-refractivity contribution in [2.24, 2.45) is 0 Å². The van der Waals surface area contributed by atoms with Gasteiger partial charge in [0.15, 0.2) is 11.5 Å². The van der Waals surface area contributed by atoms with Gasteiger partial charge in [-0.05, 0) is 30.2 Å². The van der Waals surface area contributed by atoms with Gasteiger partial charge >= 0.3 is 0 Å². The van der Waals surface area contributed by atoms with Crippen molar-refractivity contribution in [1.29, 1.82) is 0 Å². The van der Waals surface area contributed by atoms with Crippen molar-refractivity contribution < 1.29 is 18.7 Å². The first-order chi connectivity index (χ1) is 11.7. The monoisotopic (exact) mass is 345 g/mol. The van der Waals surface area contributed by atoms with Crippen LogP contribution in [0.2, 0.25) is 0 Å². The highest BCUT2D eigenvalue weighted by atomic mass is 32.2. The molecule has 4 nitrogen and oxygen atoms in total. The Balaban J connectivity index is 1.49. The van der Waals surface area contributed by atoms with E-state index in [1.165, 1.54) is 17.8 Å². The van der Waals surface area contributed by atoms with Crippen LogP contribution in [-0.4, -0.2) is 24.4 Å². The molecule has 0 aromatic heterocycles. The predicted molar refractivity (Wildman–Crippen MR) is 89.0 cm³/mol. The maximum absolute atomic E-state index is 13.9. The number of ether oxygens (including phenoxy) is 2. The Morgan fingerprint density at radius 1 is 1.17 bits per heavy atom. The molecule has 24 heavy (non-hydrogen) atoms. The number of thioether (sulfide) groups is 1. The number of nitrogens with one attached hydrogen (secondary N) is 1. The number of halogens is 1. The van der Waals surface area contributed by atoms with Gasteiger partial charge in [0, 0.05) is 10.6 Å². The zero-order valence-corrected chi connectivity index (χ0v) is 13.6. The summed E-state index contributed by atoms with van der Waals surface area (Å²) >= 11 is 1.49. The third kappa shape index (κ3) is 2.82. The Hall–Kier alpha value is -2.21. The molecule has 2 aromatic carbocycles. The van der Waals surface area contributed by atoms with Crippen LogP contribution in [0.3, 0.4) is 0 Å². The molecule has 2 atom stereocenters. The quantitative estimate of drug-likeness (QED) is 0.907. The van der Waals surface area contributed by atoms with E-state index in [4.69, 9.17) is 9.47 Å². The molecule has 0 bridgehead atoms. The molecule has 2 aliphatic heterocycles. The van der Waals surface area contributed by atoms with Gasteiger partial charge in [-0.2, -0.15) is 0 Å². The van der Waals surface area contributed by atoms with Gasteiger partial charge in [-0.15, -0.1) is 11.8 Å². The molecule has 4 rings (SSSR count). The van der Waals surface area contributed by atoms with Crippen molar-refractivity contribution in [3.05, 3.63) is 53.8 Å². The SMILES string of the molecule is O=C(N[C@@H]1CCSc2c(F)cccc21)[C@H]1COc2ccccc2O1. The fraction of sp³-hybridized carbons (Fsp3) is 0.278. The van der Waals surface area contributed by atoms with E-state index in [0.29, 0.717) is 16.4 Å². The summed E-state index contributed by atoms with van der Waals surface area (Å²) in [4.78, 5) is 13.2. The van der Waals surface area contributed by atoms with E-state index < -0.39 is 6.10 Å². The standard InChI is InChI=1S/C18H16FNO3S/c19-12-5-3-4-11-13(8-9-24-17(11)12)20-18(21)16-10-22-14-6-1-2-7-15(14)23-16/h1-7,13,16H,8-10H2,(H,20,21)/t13-,16-/m1/s1. The Kier molecular flexibility index (Phi) is 4.06.